The Morgan fingerprint density at radius 3 is 1.97 bits per heavy atom. The molecular formula is C32H39N5S. The molecule has 1 aromatic heterocycles. The normalized spacial score (nSPS) is 17.9. The lowest BCUT2D eigenvalue weighted by molar-refractivity contribution is 0.347. The van der Waals surface area contributed by atoms with Crippen molar-refractivity contribution in [2.75, 3.05) is 36.6 Å². The van der Waals surface area contributed by atoms with Crippen LogP contribution >= 0.6 is 11.8 Å². The van der Waals surface area contributed by atoms with Gasteiger partial charge in [-0.3, -0.25) is 0 Å². The third-order valence-electron chi connectivity index (χ3n) is 7.58. The highest BCUT2D eigenvalue weighted by Crippen LogP contribution is 2.42. The van der Waals surface area contributed by atoms with E-state index in [1.165, 1.54) is 11.1 Å². The molecule has 0 unspecified atom stereocenters. The highest BCUT2D eigenvalue weighted by Gasteiger charge is 2.35. The Hall–Kier alpha value is -3.09. The highest BCUT2D eigenvalue weighted by molar-refractivity contribution is 8.00. The molecule has 1 aliphatic carbocycles. The molecule has 0 bridgehead atoms. The number of rotatable bonds is 10. The van der Waals surface area contributed by atoms with E-state index < -0.39 is 0 Å². The Bertz CT molecular complexity index is 1260. The van der Waals surface area contributed by atoms with Gasteiger partial charge in [-0.25, -0.2) is 4.98 Å². The molecule has 5 rings (SSSR count). The van der Waals surface area contributed by atoms with Gasteiger partial charge >= 0.3 is 0 Å². The number of benzene rings is 3. The van der Waals surface area contributed by atoms with Gasteiger partial charge < -0.3 is 15.5 Å². The Balaban J connectivity index is 1.26. The van der Waals surface area contributed by atoms with Gasteiger partial charge in [0.25, 0.3) is 0 Å². The topological polar surface area (TPSA) is 53.1 Å². The number of nitrogens with zero attached hydrogens (tertiary/aromatic N) is 3. The molecule has 0 amide bonds. The molecule has 2 N–H and O–H groups in total. The van der Waals surface area contributed by atoms with Gasteiger partial charge in [0.15, 0.2) is 0 Å². The number of para-hydroxylation sites is 1. The van der Waals surface area contributed by atoms with Crippen LogP contribution in [0.15, 0.2) is 84.9 Å². The summed E-state index contributed by atoms with van der Waals surface area (Å²) in [6, 6.07) is 31.1. The van der Waals surface area contributed by atoms with Crippen molar-refractivity contribution >= 4 is 34.4 Å². The third kappa shape index (κ3) is 5.82. The summed E-state index contributed by atoms with van der Waals surface area (Å²) in [4.78, 5) is 11.7. The molecule has 4 aromatic rings. The fourth-order valence-electron chi connectivity index (χ4n) is 5.63. The second-order valence-corrected chi connectivity index (χ2v) is 11.9. The number of anilines is 2. The van der Waals surface area contributed by atoms with Crippen molar-refractivity contribution in [3.05, 3.63) is 96.1 Å². The van der Waals surface area contributed by atoms with E-state index in [4.69, 9.17) is 9.97 Å². The predicted molar refractivity (Wildman–Crippen MR) is 163 cm³/mol. The molecule has 6 heteroatoms. The molecular weight excluding hydrogens is 486 g/mol. The van der Waals surface area contributed by atoms with Crippen LogP contribution in [0.3, 0.4) is 0 Å². The van der Waals surface area contributed by atoms with Crippen LogP contribution < -0.4 is 15.5 Å². The zero-order chi connectivity index (χ0) is 26.4. The molecule has 38 heavy (non-hydrogen) atoms. The zero-order valence-corrected chi connectivity index (χ0v) is 23.5. The largest absolute Gasteiger partial charge is 0.362 e. The maximum atomic E-state index is 4.86. The van der Waals surface area contributed by atoms with Gasteiger partial charge in [-0.2, -0.15) is 4.98 Å². The van der Waals surface area contributed by atoms with Crippen molar-refractivity contribution in [2.24, 2.45) is 0 Å². The zero-order valence-electron chi connectivity index (χ0n) is 22.7. The molecule has 3 aromatic carbocycles. The molecule has 0 saturated heterocycles. The van der Waals surface area contributed by atoms with E-state index in [0.29, 0.717) is 12.1 Å². The lowest BCUT2D eigenvalue weighted by atomic mass is 9.87. The van der Waals surface area contributed by atoms with Gasteiger partial charge in [-0.05, 0) is 54.7 Å². The fourth-order valence-corrected chi connectivity index (χ4v) is 6.91. The first-order valence-corrected chi connectivity index (χ1v) is 14.8. The van der Waals surface area contributed by atoms with Crippen molar-refractivity contribution in [2.45, 2.75) is 49.4 Å². The van der Waals surface area contributed by atoms with Crippen LogP contribution in [0.5, 0.6) is 0 Å². The fraction of sp³-hybridized carbons (Fsp3) is 0.375. The molecule has 198 valence electrons. The van der Waals surface area contributed by atoms with Gasteiger partial charge in [0.1, 0.15) is 5.82 Å². The van der Waals surface area contributed by atoms with Crippen molar-refractivity contribution in [3.63, 3.8) is 0 Å². The van der Waals surface area contributed by atoms with Crippen LogP contribution in [-0.2, 0) is 4.75 Å². The molecule has 5 nitrogen and oxygen atoms in total. The minimum atomic E-state index is -0.103. The van der Waals surface area contributed by atoms with E-state index in [1.807, 2.05) is 38.0 Å². The lowest BCUT2D eigenvalue weighted by Gasteiger charge is -2.38. The molecule has 0 spiro atoms. The summed E-state index contributed by atoms with van der Waals surface area (Å²) in [5.74, 6) is 2.75. The van der Waals surface area contributed by atoms with E-state index in [-0.39, 0.29) is 4.75 Å². The monoisotopic (exact) mass is 525 g/mol. The number of hydrogen-bond acceptors (Lipinski definition) is 6. The van der Waals surface area contributed by atoms with E-state index in [2.05, 4.69) is 95.3 Å². The number of fused-ring (bicyclic) bond motifs is 1. The average Bonchev–Trinajstić information content (AvgIpc) is 2.96. The standard InChI is InChI=1S/C32H39N5S/c1-4-38-32(24-13-7-5-8-14-24,25-15-9-6-10-16-25)23-33-26-19-21-27(22-20-26)34-31-35-29-18-12-11-17-28(29)30(36-31)37(2)3/h5-18,26-27,33H,4,19-23H2,1-3H3,(H,34,35,36). The number of nitrogens with one attached hydrogen (secondary N) is 2. The van der Waals surface area contributed by atoms with Gasteiger partial charge in [0.05, 0.1) is 10.3 Å². The van der Waals surface area contributed by atoms with E-state index in [9.17, 15) is 0 Å². The second kappa shape index (κ2) is 12.2. The van der Waals surface area contributed by atoms with Crippen LogP contribution in [0.25, 0.3) is 10.9 Å². The van der Waals surface area contributed by atoms with E-state index in [0.717, 1.165) is 60.7 Å². The molecule has 1 saturated carbocycles. The molecule has 1 fully saturated rings. The summed E-state index contributed by atoms with van der Waals surface area (Å²) in [5, 5.41) is 8.73. The minimum absolute atomic E-state index is 0.103. The highest BCUT2D eigenvalue weighted by atomic mass is 32.2. The maximum Gasteiger partial charge on any atom is 0.225 e. The third-order valence-corrected chi connectivity index (χ3v) is 8.97. The number of aromatic nitrogens is 2. The number of thioether (sulfide) groups is 1. The van der Waals surface area contributed by atoms with E-state index >= 15 is 0 Å². The van der Waals surface area contributed by atoms with Gasteiger partial charge in [0, 0.05) is 38.1 Å². The Labute approximate surface area is 231 Å². The molecule has 0 atom stereocenters. The van der Waals surface area contributed by atoms with Crippen molar-refractivity contribution in [1.82, 2.24) is 15.3 Å². The van der Waals surface area contributed by atoms with Crippen molar-refractivity contribution < 1.29 is 0 Å². The van der Waals surface area contributed by atoms with Gasteiger partial charge in [-0.1, -0.05) is 79.7 Å². The first-order chi connectivity index (χ1) is 18.6. The first-order valence-electron chi connectivity index (χ1n) is 13.8. The Kier molecular flexibility index (Phi) is 8.50. The van der Waals surface area contributed by atoms with Crippen molar-refractivity contribution in [3.8, 4) is 0 Å². The molecule has 1 aliphatic rings. The molecule has 0 aliphatic heterocycles. The summed E-state index contributed by atoms with van der Waals surface area (Å²) < 4.78 is -0.103. The Morgan fingerprint density at radius 2 is 1.37 bits per heavy atom. The van der Waals surface area contributed by atoms with Crippen LogP contribution in [0.1, 0.15) is 43.7 Å². The quantitative estimate of drug-likeness (QED) is 0.240. The van der Waals surface area contributed by atoms with Crippen molar-refractivity contribution in [1.29, 1.82) is 0 Å². The molecule has 0 radical (unpaired) electrons. The van der Waals surface area contributed by atoms with Crippen LogP contribution in [0.4, 0.5) is 11.8 Å². The van der Waals surface area contributed by atoms with Gasteiger partial charge in [0.2, 0.25) is 5.95 Å². The summed E-state index contributed by atoms with van der Waals surface area (Å²) in [7, 11) is 4.08. The molecule has 1 heterocycles. The van der Waals surface area contributed by atoms with Gasteiger partial charge in [-0.15, -0.1) is 11.8 Å². The summed E-state index contributed by atoms with van der Waals surface area (Å²) in [5.41, 5.74) is 3.72. The minimum Gasteiger partial charge on any atom is -0.362 e. The summed E-state index contributed by atoms with van der Waals surface area (Å²) in [6.45, 7) is 3.18. The van der Waals surface area contributed by atoms with Crippen LogP contribution in [0, 0.1) is 0 Å². The first kappa shape index (κ1) is 26.5. The SMILES string of the molecule is CCSC(CNC1CCC(Nc2nc(N(C)C)c3ccccc3n2)CC1)(c1ccccc1)c1ccccc1. The van der Waals surface area contributed by atoms with E-state index in [1.54, 1.807) is 0 Å². The number of hydrogen-bond donors (Lipinski definition) is 2. The summed E-state index contributed by atoms with van der Waals surface area (Å²) >= 11 is 2.03. The maximum absolute atomic E-state index is 4.86. The lowest BCUT2D eigenvalue weighted by Crippen LogP contribution is -2.44. The van der Waals surface area contributed by atoms with Crippen LogP contribution in [0.2, 0.25) is 0 Å². The Morgan fingerprint density at radius 1 is 0.789 bits per heavy atom. The summed E-state index contributed by atoms with van der Waals surface area (Å²) in [6.07, 6.45) is 4.50. The smallest absolute Gasteiger partial charge is 0.225 e. The van der Waals surface area contributed by atoms with Crippen LogP contribution in [-0.4, -0.2) is 48.4 Å². The predicted octanol–water partition coefficient (Wildman–Crippen LogP) is 6.71. The average molecular weight is 526 g/mol. The second-order valence-electron chi connectivity index (χ2n) is 10.3.